The largest absolute Gasteiger partial charge is 0.497 e. The molecule has 168 valence electrons. The van der Waals surface area contributed by atoms with E-state index >= 15 is 0 Å². The molecule has 0 bridgehead atoms. The number of nitrogen functional groups attached to an aromatic ring is 1. The van der Waals surface area contributed by atoms with E-state index in [1.54, 1.807) is 30.5 Å². The molecule has 33 heavy (non-hydrogen) atoms. The topological polar surface area (TPSA) is 140 Å². The molecule has 0 fully saturated rings. The van der Waals surface area contributed by atoms with Crippen LogP contribution in [0.25, 0.3) is 11.1 Å². The lowest BCUT2D eigenvalue weighted by molar-refractivity contribution is -0.108. The van der Waals surface area contributed by atoms with Crippen molar-refractivity contribution in [3.05, 3.63) is 71.5 Å². The van der Waals surface area contributed by atoms with E-state index in [1.165, 1.54) is 0 Å². The number of aromatic nitrogens is 2. The number of anilines is 1. The van der Waals surface area contributed by atoms with E-state index in [1.807, 2.05) is 36.4 Å². The number of fused-ring (bicyclic) bond motifs is 1. The number of amides is 4. The number of methoxy groups -OCH3 is 1. The SMILES string of the molecule is COc1ccc2c(c1)C(=O)N(C[C@H](NC(=O)NC=O)c1ccc(-c3cnc(N)nc3)cc1)C2. The smallest absolute Gasteiger partial charge is 0.321 e. The minimum absolute atomic E-state index is 0.151. The van der Waals surface area contributed by atoms with Crippen LogP contribution in [-0.4, -0.2) is 46.9 Å². The maximum absolute atomic E-state index is 13.0. The van der Waals surface area contributed by atoms with Crippen molar-refractivity contribution in [1.29, 1.82) is 0 Å². The van der Waals surface area contributed by atoms with Crippen molar-refractivity contribution in [2.24, 2.45) is 0 Å². The fourth-order valence-electron chi connectivity index (χ4n) is 3.72. The fraction of sp³-hybridized carbons (Fsp3) is 0.174. The number of rotatable bonds is 7. The molecule has 10 nitrogen and oxygen atoms in total. The summed E-state index contributed by atoms with van der Waals surface area (Å²) in [5.41, 5.74) is 9.42. The van der Waals surface area contributed by atoms with Gasteiger partial charge in [0.1, 0.15) is 5.75 Å². The maximum atomic E-state index is 13.0. The molecule has 0 aliphatic carbocycles. The summed E-state index contributed by atoms with van der Waals surface area (Å²) in [6, 6.07) is 11.6. The first-order valence-electron chi connectivity index (χ1n) is 10.1. The number of hydrogen-bond donors (Lipinski definition) is 3. The molecule has 0 unspecified atom stereocenters. The summed E-state index contributed by atoms with van der Waals surface area (Å²) >= 11 is 0. The van der Waals surface area contributed by atoms with Gasteiger partial charge in [0.15, 0.2) is 0 Å². The van der Waals surface area contributed by atoms with Crippen LogP contribution < -0.4 is 21.1 Å². The van der Waals surface area contributed by atoms with Crippen LogP contribution in [0.3, 0.4) is 0 Å². The van der Waals surface area contributed by atoms with Gasteiger partial charge in [0.2, 0.25) is 12.4 Å². The normalized spacial score (nSPS) is 13.2. The van der Waals surface area contributed by atoms with Crippen LogP contribution in [-0.2, 0) is 11.3 Å². The Kier molecular flexibility index (Phi) is 6.16. The second kappa shape index (κ2) is 9.35. The third-order valence-electron chi connectivity index (χ3n) is 5.41. The van der Waals surface area contributed by atoms with Crippen LogP contribution >= 0.6 is 0 Å². The minimum atomic E-state index is -0.656. The van der Waals surface area contributed by atoms with Crippen molar-refractivity contribution in [3.8, 4) is 16.9 Å². The van der Waals surface area contributed by atoms with Crippen molar-refractivity contribution in [2.45, 2.75) is 12.6 Å². The number of carbonyl (C=O) groups is 3. The molecule has 4 amide bonds. The molecule has 1 aliphatic rings. The standard InChI is InChI=1S/C23H22N6O4/c1-33-18-7-6-16-11-29(21(31)19(16)8-18)12-20(28-23(32)27-13-30)15-4-2-14(3-5-15)17-9-25-22(24)26-10-17/h2-10,13,20H,11-12H2,1H3,(H2,24,25,26)(H2,27,28,30,32)/t20-/m0/s1. The third kappa shape index (κ3) is 4.74. The zero-order valence-corrected chi connectivity index (χ0v) is 17.8. The number of hydrogen-bond acceptors (Lipinski definition) is 7. The predicted molar refractivity (Wildman–Crippen MR) is 120 cm³/mol. The van der Waals surface area contributed by atoms with Gasteiger partial charge in [0.25, 0.3) is 5.91 Å². The molecule has 0 saturated carbocycles. The van der Waals surface area contributed by atoms with Crippen LogP contribution in [0.5, 0.6) is 5.75 Å². The van der Waals surface area contributed by atoms with Crippen LogP contribution in [0.2, 0.25) is 0 Å². The van der Waals surface area contributed by atoms with Crippen molar-refractivity contribution in [2.75, 3.05) is 19.4 Å². The Labute approximate surface area is 189 Å². The van der Waals surface area contributed by atoms with Crippen molar-refractivity contribution >= 4 is 24.3 Å². The van der Waals surface area contributed by atoms with E-state index in [4.69, 9.17) is 10.5 Å². The van der Waals surface area contributed by atoms with E-state index < -0.39 is 12.1 Å². The predicted octanol–water partition coefficient (Wildman–Crippen LogP) is 1.89. The average Bonchev–Trinajstić information content (AvgIpc) is 3.14. The molecular formula is C23H22N6O4. The summed E-state index contributed by atoms with van der Waals surface area (Å²) in [7, 11) is 1.55. The van der Waals surface area contributed by atoms with Crippen molar-refractivity contribution < 1.29 is 19.1 Å². The zero-order valence-electron chi connectivity index (χ0n) is 17.8. The molecule has 2 heterocycles. The second-order valence-corrected chi connectivity index (χ2v) is 7.45. The highest BCUT2D eigenvalue weighted by Crippen LogP contribution is 2.29. The second-order valence-electron chi connectivity index (χ2n) is 7.45. The van der Waals surface area contributed by atoms with E-state index in [0.29, 0.717) is 24.3 Å². The minimum Gasteiger partial charge on any atom is -0.497 e. The van der Waals surface area contributed by atoms with Crippen molar-refractivity contribution in [1.82, 2.24) is 25.5 Å². The molecule has 0 radical (unpaired) electrons. The molecule has 4 N–H and O–H groups in total. The van der Waals surface area contributed by atoms with E-state index in [-0.39, 0.29) is 18.4 Å². The van der Waals surface area contributed by atoms with E-state index in [0.717, 1.165) is 22.3 Å². The number of imide groups is 1. The highest BCUT2D eigenvalue weighted by atomic mass is 16.5. The average molecular weight is 446 g/mol. The number of benzene rings is 2. The zero-order chi connectivity index (χ0) is 23.4. The number of urea groups is 1. The Morgan fingerprint density at radius 2 is 1.91 bits per heavy atom. The van der Waals surface area contributed by atoms with Gasteiger partial charge in [-0.25, -0.2) is 14.8 Å². The molecule has 10 heteroatoms. The monoisotopic (exact) mass is 446 g/mol. The number of nitrogens with two attached hydrogens (primary N) is 1. The van der Waals surface area contributed by atoms with Gasteiger partial charge in [-0.3, -0.25) is 14.9 Å². The summed E-state index contributed by atoms with van der Waals surface area (Å²) < 4.78 is 5.22. The van der Waals surface area contributed by atoms with Gasteiger partial charge in [-0.05, 0) is 28.8 Å². The lowest BCUT2D eigenvalue weighted by Gasteiger charge is -2.25. The van der Waals surface area contributed by atoms with E-state index in [9.17, 15) is 14.4 Å². The lowest BCUT2D eigenvalue weighted by atomic mass is 10.0. The molecule has 1 atom stereocenters. The molecule has 2 aromatic carbocycles. The summed E-state index contributed by atoms with van der Waals surface area (Å²) in [4.78, 5) is 45.4. The Hall–Kier alpha value is -4.47. The van der Waals surface area contributed by atoms with Gasteiger partial charge >= 0.3 is 6.03 Å². The third-order valence-corrected chi connectivity index (χ3v) is 5.41. The Bertz CT molecular complexity index is 1180. The van der Waals surface area contributed by atoms with E-state index in [2.05, 4.69) is 20.6 Å². The Morgan fingerprint density at radius 3 is 2.58 bits per heavy atom. The van der Waals surface area contributed by atoms with Crippen molar-refractivity contribution in [3.63, 3.8) is 0 Å². The molecular weight excluding hydrogens is 424 g/mol. The number of nitrogens with zero attached hydrogens (tertiary/aromatic N) is 3. The van der Waals surface area contributed by atoms with Gasteiger partial charge in [0.05, 0.1) is 13.2 Å². The summed E-state index contributed by atoms with van der Waals surface area (Å²) in [6.45, 7) is 0.624. The Morgan fingerprint density at radius 1 is 1.18 bits per heavy atom. The van der Waals surface area contributed by atoms with Crippen LogP contribution in [0.4, 0.5) is 10.7 Å². The molecule has 1 aliphatic heterocycles. The number of carbonyl (C=O) groups excluding carboxylic acids is 3. The first-order valence-corrected chi connectivity index (χ1v) is 10.1. The number of ether oxygens (including phenoxy) is 1. The lowest BCUT2D eigenvalue weighted by Crippen LogP contribution is -2.42. The highest BCUT2D eigenvalue weighted by molar-refractivity contribution is 5.98. The van der Waals surface area contributed by atoms with Gasteiger partial charge in [-0.2, -0.15) is 0 Å². The summed E-state index contributed by atoms with van der Waals surface area (Å²) in [6.07, 6.45) is 3.55. The van der Waals surface area contributed by atoms with Crippen LogP contribution in [0, 0.1) is 0 Å². The molecule has 0 spiro atoms. The summed E-state index contributed by atoms with van der Waals surface area (Å²) in [5.74, 6) is 0.642. The molecule has 1 aromatic heterocycles. The van der Waals surface area contributed by atoms with Crippen LogP contribution in [0.1, 0.15) is 27.5 Å². The Balaban J connectivity index is 1.56. The van der Waals surface area contributed by atoms with Gasteiger partial charge < -0.3 is 20.7 Å². The van der Waals surface area contributed by atoms with Gasteiger partial charge in [-0.15, -0.1) is 0 Å². The van der Waals surface area contributed by atoms with Gasteiger partial charge in [-0.1, -0.05) is 30.3 Å². The van der Waals surface area contributed by atoms with Crippen LogP contribution in [0.15, 0.2) is 54.9 Å². The first kappa shape index (κ1) is 21.8. The maximum Gasteiger partial charge on any atom is 0.321 e. The highest BCUT2D eigenvalue weighted by Gasteiger charge is 2.30. The fourth-order valence-corrected chi connectivity index (χ4v) is 3.72. The summed E-state index contributed by atoms with van der Waals surface area (Å²) in [5, 5.41) is 4.83. The number of nitrogens with one attached hydrogen (secondary N) is 2. The van der Waals surface area contributed by atoms with Gasteiger partial charge in [0, 0.05) is 36.6 Å². The molecule has 3 aromatic rings. The molecule has 0 saturated heterocycles. The molecule has 4 rings (SSSR count). The first-order chi connectivity index (χ1) is 16.0. The quantitative estimate of drug-likeness (QED) is 0.471.